The highest BCUT2D eigenvalue weighted by Crippen LogP contribution is 2.26. The van der Waals surface area contributed by atoms with Crippen molar-refractivity contribution < 1.29 is 19.3 Å². The second-order valence-corrected chi connectivity index (χ2v) is 4.47. The zero-order chi connectivity index (χ0) is 16.4. The number of nitro groups is 1. The Hall–Kier alpha value is -3.49. The number of nitro benzene ring substituents is 1. The Morgan fingerprint density at radius 2 is 2.04 bits per heavy atom. The van der Waals surface area contributed by atoms with Gasteiger partial charge in [-0.2, -0.15) is 0 Å². The van der Waals surface area contributed by atoms with Gasteiger partial charge >= 0.3 is 5.97 Å². The summed E-state index contributed by atoms with van der Waals surface area (Å²) in [7, 11) is 1.21. The van der Waals surface area contributed by atoms with Crippen LogP contribution >= 0.6 is 0 Å². The lowest BCUT2D eigenvalue weighted by molar-refractivity contribution is -0.385. The Labute approximate surface area is 129 Å². The molecule has 23 heavy (non-hydrogen) atoms. The fraction of sp³-hybridized carbons (Fsp3) is 0.0714. The van der Waals surface area contributed by atoms with Crippen LogP contribution in [0.1, 0.15) is 10.4 Å². The van der Waals surface area contributed by atoms with Gasteiger partial charge in [0.05, 0.1) is 18.1 Å². The summed E-state index contributed by atoms with van der Waals surface area (Å²) >= 11 is 0. The summed E-state index contributed by atoms with van der Waals surface area (Å²) in [5.41, 5.74) is 0.946. The molecule has 0 amide bonds. The number of hydrogen-bond donors (Lipinski definition) is 0. The Morgan fingerprint density at radius 1 is 1.26 bits per heavy atom. The molecule has 9 heteroatoms. The van der Waals surface area contributed by atoms with E-state index < -0.39 is 10.9 Å². The first-order valence-electron chi connectivity index (χ1n) is 6.45. The minimum Gasteiger partial charge on any atom is -0.465 e. The number of ether oxygens (including phenoxy) is 1. The molecule has 0 spiro atoms. The number of methoxy groups -OCH3 is 1. The van der Waals surface area contributed by atoms with Gasteiger partial charge < -0.3 is 9.57 Å². The maximum atomic E-state index is 11.8. The minimum absolute atomic E-state index is 0.0395. The summed E-state index contributed by atoms with van der Waals surface area (Å²) in [6, 6.07) is 10.6. The SMILES string of the molecule is COC(=O)c1ccc([N+](=O)[O-])cc1On1nnc2ccccc21. The number of non-ortho nitro benzene ring substituents is 1. The number of carbonyl (C=O) groups excluding carboxylic acids is 1. The van der Waals surface area contributed by atoms with Gasteiger partial charge in [0.25, 0.3) is 5.69 Å². The van der Waals surface area contributed by atoms with E-state index in [0.29, 0.717) is 11.0 Å². The molecule has 0 aliphatic rings. The lowest BCUT2D eigenvalue weighted by Gasteiger charge is -2.09. The zero-order valence-electron chi connectivity index (χ0n) is 11.9. The quantitative estimate of drug-likeness (QED) is 0.411. The number of hydrogen-bond acceptors (Lipinski definition) is 7. The minimum atomic E-state index is -0.681. The van der Waals surface area contributed by atoms with Gasteiger partial charge in [0.1, 0.15) is 16.6 Å². The number of rotatable bonds is 4. The molecule has 0 aliphatic heterocycles. The third kappa shape index (κ3) is 2.67. The standard InChI is InChI=1S/C14H10N4O5/c1-22-14(19)10-7-6-9(18(20)21)8-13(10)23-17-12-5-3-2-4-11(12)15-16-17/h2-8H,1H3. The molecule has 116 valence electrons. The number of aromatic nitrogens is 3. The van der Waals surface area contributed by atoms with Crippen LogP contribution in [0.4, 0.5) is 5.69 Å². The molecule has 0 atom stereocenters. The number of esters is 1. The number of carbonyl (C=O) groups is 1. The average Bonchev–Trinajstić information content (AvgIpc) is 2.97. The highest BCUT2D eigenvalue weighted by molar-refractivity contribution is 5.92. The molecule has 1 heterocycles. The Balaban J connectivity index is 2.08. The van der Waals surface area contributed by atoms with Crippen LogP contribution in [0.2, 0.25) is 0 Å². The molecule has 3 rings (SSSR count). The van der Waals surface area contributed by atoms with Gasteiger partial charge in [-0.15, -0.1) is 5.10 Å². The molecule has 3 aromatic rings. The van der Waals surface area contributed by atoms with Crippen molar-refractivity contribution in [2.24, 2.45) is 0 Å². The Kier molecular flexibility index (Phi) is 3.59. The van der Waals surface area contributed by atoms with Crippen LogP contribution in [0.3, 0.4) is 0 Å². The molecular formula is C14H10N4O5. The van der Waals surface area contributed by atoms with Crippen LogP contribution in [0, 0.1) is 10.1 Å². The van der Waals surface area contributed by atoms with Crippen molar-refractivity contribution in [3.05, 3.63) is 58.1 Å². The van der Waals surface area contributed by atoms with Gasteiger partial charge in [0.15, 0.2) is 5.75 Å². The van der Waals surface area contributed by atoms with E-state index >= 15 is 0 Å². The predicted molar refractivity (Wildman–Crippen MR) is 78.0 cm³/mol. The van der Waals surface area contributed by atoms with E-state index in [4.69, 9.17) is 4.84 Å². The van der Waals surface area contributed by atoms with Crippen molar-refractivity contribution >= 4 is 22.7 Å². The molecule has 9 nitrogen and oxygen atoms in total. The van der Waals surface area contributed by atoms with Crippen molar-refractivity contribution in [1.82, 2.24) is 15.2 Å². The van der Waals surface area contributed by atoms with Gasteiger partial charge in [0, 0.05) is 6.07 Å². The van der Waals surface area contributed by atoms with Crippen molar-refractivity contribution in [2.45, 2.75) is 0 Å². The van der Waals surface area contributed by atoms with Crippen molar-refractivity contribution in [3.8, 4) is 5.75 Å². The normalized spacial score (nSPS) is 10.5. The van der Waals surface area contributed by atoms with Crippen molar-refractivity contribution in [1.29, 1.82) is 0 Å². The van der Waals surface area contributed by atoms with Crippen LogP contribution < -0.4 is 4.84 Å². The molecule has 0 N–H and O–H groups in total. The van der Waals surface area contributed by atoms with E-state index in [1.807, 2.05) is 0 Å². The summed E-state index contributed by atoms with van der Waals surface area (Å²) in [5.74, 6) is -0.735. The summed E-state index contributed by atoms with van der Waals surface area (Å²) in [4.78, 5) is 28.7. The Bertz CT molecular complexity index is 905. The lowest BCUT2D eigenvalue weighted by atomic mass is 10.2. The van der Waals surface area contributed by atoms with Crippen LogP contribution in [-0.4, -0.2) is 33.2 Å². The number of benzene rings is 2. The number of fused-ring (bicyclic) bond motifs is 1. The summed E-state index contributed by atoms with van der Waals surface area (Å²) < 4.78 is 4.65. The van der Waals surface area contributed by atoms with Gasteiger partial charge in [-0.25, -0.2) is 4.79 Å². The van der Waals surface area contributed by atoms with E-state index in [2.05, 4.69) is 15.0 Å². The fourth-order valence-corrected chi connectivity index (χ4v) is 1.99. The number of para-hydroxylation sites is 1. The van der Waals surface area contributed by atoms with Crippen LogP contribution in [0.25, 0.3) is 11.0 Å². The highest BCUT2D eigenvalue weighted by Gasteiger charge is 2.19. The van der Waals surface area contributed by atoms with Crippen molar-refractivity contribution in [3.63, 3.8) is 0 Å². The average molecular weight is 314 g/mol. The molecule has 0 radical (unpaired) electrons. The summed E-state index contributed by atoms with van der Waals surface area (Å²) in [6.45, 7) is 0. The molecule has 0 saturated carbocycles. The van der Waals surface area contributed by atoms with E-state index in [1.54, 1.807) is 24.3 Å². The van der Waals surface area contributed by atoms with Gasteiger partial charge in [0.2, 0.25) is 0 Å². The monoisotopic (exact) mass is 314 g/mol. The van der Waals surface area contributed by atoms with E-state index in [1.165, 1.54) is 19.2 Å². The van der Waals surface area contributed by atoms with Gasteiger partial charge in [-0.1, -0.05) is 17.0 Å². The molecule has 0 aliphatic carbocycles. The predicted octanol–water partition coefficient (Wildman–Crippen LogP) is 1.97. The van der Waals surface area contributed by atoms with Gasteiger partial charge in [-0.05, 0) is 23.4 Å². The largest absolute Gasteiger partial charge is 0.465 e. The molecule has 2 aromatic carbocycles. The topological polar surface area (TPSA) is 109 Å². The van der Waals surface area contributed by atoms with Crippen LogP contribution in [0.15, 0.2) is 42.5 Å². The molecule has 0 saturated heterocycles. The van der Waals surface area contributed by atoms with Gasteiger partial charge in [-0.3, -0.25) is 10.1 Å². The maximum absolute atomic E-state index is 11.8. The second kappa shape index (κ2) is 5.72. The molecule has 0 unspecified atom stereocenters. The first kappa shape index (κ1) is 14.4. The van der Waals surface area contributed by atoms with E-state index in [0.717, 1.165) is 10.9 Å². The second-order valence-electron chi connectivity index (χ2n) is 4.47. The molecule has 0 bridgehead atoms. The smallest absolute Gasteiger partial charge is 0.341 e. The third-order valence-corrected chi connectivity index (χ3v) is 3.09. The highest BCUT2D eigenvalue weighted by atomic mass is 16.7. The third-order valence-electron chi connectivity index (χ3n) is 3.09. The molecule has 1 aromatic heterocycles. The number of nitrogens with zero attached hydrogens (tertiary/aromatic N) is 4. The first-order valence-corrected chi connectivity index (χ1v) is 6.45. The fourth-order valence-electron chi connectivity index (χ4n) is 1.99. The summed E-state index contributed by atoms with van der Waals surface area (Å²) in [5, 5.41) is 18.6. The lowest BCUT2D eigenvalue weighted by Crippen LogP contribution is -2.12. The molecule has 0 fully saturated rings. The molecular weight excluding hydrogens is 304 g/mol. The first-order chi connectivity index (χ1) is 11.1. The van der Waals surface area contributed by atoms with Crippen LogP contribution in [0.5, 0.6) is 5.75 Å². The maximum Gasteiger partial charge on any atom is 0.341 e. The Morgan fingerprint density at radius 3 is 2.78 bits per heavy atom. The van der Waals surface area contributed by atoms with Crippen LogP contribution in [-0.2, 0) is 4.74 Å². The van der Waals surface area contributed by atoms with E-state index in [-0.39, 0.29) is 17.0 Å². The summed E-state index contributed by atoms with van der Waals surface area (Å²) in [6.07, 6.45) is 0. The van der Waals surface area contributed by atoms with E-state index in [9.17, 15) is 14.9 Å². The van der Waals surface area contributed by atoms with Crippen molar-refractivity contribution in [2.75, 3.05) is 7.11 Å². The zero-order valence-corrected chi connectivity index (χ0v) is 11.9.